The summed E-state index contributed by atoms with van der Waals surface area (Å²) in [5.41, 5.74) is 6.90. The number of hydrogen-bond acceptors (Lipinski definition) is 6. The number of hydrogen-bond donors (Lipinski definition) is 3. The first-order valence-electron chi connectivity index (χ1n) is 10.2. The molecule has 1 aromatic heterocycles. The number of nitrogens with two attached hydrogens (primary N) is 2. The van der Waals surface area contributed by atoms with Crippen molar-refractivity contribution in [3.05, 3.63) is 48.0 Å². The third kappa shape index (κ3) is 3.94. The minimum Gasteiger partial charge on any atom is -0.451 e. The molecule has 5 N–H and O–H groups in total. The molecule has 152 valence electrons. The van der Waals surface area contributed by atoms with Crippen LogP contribution < -0.4 is 16.9 Å². The number of nitriles is 1. The van der Waals surface area contributed by atoms with Gasteiger partial charge in [-0.1, -0.05) is 37.5 Å². The van der Waals surface area contributed by atoms with E-state index < -0.39 is 5.54 Å². The van der Waals surface area contributed by atoms with E-state index in [-0.39, 0.29) is 23.6 Å². The number of nitrogens with zero attached hydrogens (tertiary/aromatic N) is 2. The molecule has 0 spiro atoms. The highest BCUT2D eigenvalue weighted by molar-refractivity contribution is 5.96. The van der Waals surface area contributed by atoms with Crippen molar-refractivity contribution in [2.24, 2.45) is 17.5 Å². The molecule has 0 aliphatic heterocycles. The molecule has 0 bridgehead atoms. The van der Waals surface area contributed by atoms with Gasteiger partial charge >= 0.3 is 0 Å². The van der Waals surface area contributed by atoms with Gasteiger partial charge in [0.05, 0.1) is 12.1 Å². The summed E-state index contributed by atoms with van der Waals surface area (Å²) in [6, 6.07) is 11.2. The van der Waals surface area contributed by atoms with Gasteiger partial charge in [0.1, 0.15) is 11.1 Å². The van der Waals surface area contributed by atoms with Crippen LogP contribution in [-0.4, -0.2) is 22.5 Å². The number of nitrogens with one attached hydrogen (secondary N) is 1. The number of fused-ring (bicyclic) bond motifs is 1. The lowest BCUT2D eigenvalue weighted by Crippen LogP contribution is -2.46. The van der Waals surface area contributed by atoms with Gasteiger partial charge in [-0.15, -0.1) is 0 Å². The Morgan fingerprint density at radius 2 is 2.03 bits per heavy atom. The Labute approximate surface area is 170 Å². The molecule has 0 radical (unpaired) electrons. The second-order valence-corrected chi connectivity index (χ2v) is 8.18. The molecule has 0 unspecified atom stereocenters. The number of para-hydroxylation sites is 1. The third-order valence-corrected chi connectivity index (χ3v) is 6.13. The Bertz CT molecular complexity index is 930. The molecule has 2 aliphatic rings. The molecule has 7 nitrogen and oxygen atoms in total. The van der Waals surface area contributed by atoms with Crippen LogP contribution in [0.2, 0.25) is 0 Å². The van der Waals surface area contributed by atoms with Crippen molar-refractivity contribution in [1.29, 1.82) is 5.26 Å². The average Bonchev–Trinajstić information content (AvgIpc) is 3.43. The monoisotopic (exact) mass is 393 g/mol. The maximum absolute atomic E-state index is 12.9. The number of furan rings is 1. The lowest BCUT2D eigenvalue weighted by Gasteiger charge is -2.32. The van der Waals surface area contributed by atoms with Gasteiger partial charge in [0, 0.05) is 17.3 Å². The van der Waals surface area contributed by atoms with Crippen LogP contribution in [0.15, 0.2) is 46.6 Å². The molecule has 1 heterocycles. The van der Waals surface area contributed by atoms with Crippen LogP contribution in [0.1, 0.15) is 55.5 Å². The maximum atomic E-state index is 12.9. The summed E-state index contributed by atoms with van der Waals surface area (Å²) in [6.07, 6.45) is 8.49. The van der Waals surface area contributed by atoms with Gasteiger partial charge in [-0.05, 0) is 43.7 Å². The summed E-state index contributed by atoms with van der Waals surface area (Å²) in [6.45, 7) is 0. The van der Waals surface area contributed by atoms with Crippen LogP contribution in [0, 0.1) is 17.2 Å². The van der Waals surface area contributed by atoms with E-state index in [4.69, 9.17) is 16.0 Å². The molecule has 2 fully saturated rings. The Hall–Kier alpha value is -2.98. The first-order chi connectivity index (χ1) is 14.0. The highest BCUT2D eigenvalue weighted by Crippen LogP contribution is 2.39. The van der Waals surface area contributed by atoms with E-state index in [2.05, 4.69) is 11.4 Å². The molecule has 1 amide bonds. The van der Waals surface area contributed by atoms with Crippen LogP contribution >= 0.6 is 0 Å². The molecule has 2 aromatic rings. The van der Waals surface area contributed by atoms with Gasteiger partial charge in [-0.2, -0.15) is 5.26 Å². The number of hydrazine groups is 1. The van der Waals surface area contributed by atoms with Crippen molar-refractivity contribution in [3.63, 3.8) is 0 Å². The predicted octanol–water partition coefficient (Wildman–Crippen LogP) is 3.14. The van der Waals surface area contributed by atoms with Crippen molar-refractivity contribution in [3.8, 4) is 6.07 Å². The van der Waals surface area contributed by atoms with E-state index in [0.717, 1.165) is 43.9 Å². The average molecular weight is 393 g/mol. The summed E-state index contributed by atoms with van der Waals surface area (Å²) >= 11 is 0. The Balaban J connectivity index is 1.56. The molecule has 2 saturated carbocycles. The number of carbonyl (C=O) groups is 1. The molecular weight excluding hydrogens is 366 g/mol. The number of rotatable bonds is 6. The predicted molar refractivity (Wildman–Crippen MR) is 110 cm³/mol. The van der Waals surface area contributed by atoms with Crippen LogP contribution in [0.3, 0.4) is 0 Å². The zero-order valence-corrected chi connectivity index (χ0v) is 16.4. The van der Waals surface area contributed by atoms with Crippen molar-refractivity contribution in [1.82, 2.24) is 10.3 Å². The highest BCUT2D eigenvalue weighted by Gasteiger charge is 2.47. The van der Waals surface area contributed by atoms with E-state index in [9.17, 15) is 10.1 Å². The first kappa shape index (κ1) is 19.3. The molecule has 4 rings (SSSR count). The molecule has 1 atom stereocenters. The van der Waals surface area contributed by atoms with Gasteiger partial charge in [0.15, 0.2) is 5.76 Å². The van der Waals surface area contributed by atoms with Crippen LogP contribution in [-0.2, 0) is 0 Å². The number of amides is 1. The standard InChI is InChI=1S/C22H27N5O2/c23-14-22(10-11-22)27(25)13-17(24)20(15-6-2-1-3-7-15)26-21(28)19-12-16-8-4-5-9-18(16)29-19/h4-5,8-9,12-13,15,20H,1-3,6-7,10-11,24-25H2,(H,26,28)/b17-13-/t20-/m0/s1. The summed E-state index contributed by atoms with van der Waals surface area (Å²) in [4.78, 5) is 12.9. The van der Waals surface area contributed by atoms with E-state index in [0.29, 0.717) is 11.3 Å². The summed E-state index contributed by atoms with van der Waals surface area (Å²) in [5.74, 6) is 6.31. The minimum absolute atomic E-state index is 0.235. The lowest BCUT2D eigenvalue weighted by atomic mass is 9.82. The van der Waals surface area contributed by atoms with Crippen LogP contribution in [0.25, 0.3) is 11.0 Å². The van der Waals surface area contributed by atoms with Crippen LogP contribution in [0.4, 0.5) is 0 Å². The third-order valence-electron chi connectivity index (χ3n) is 6.13. The molecule has 0 saturated heterocycles. The lowest BCUT2D eigenvalue weighted by molar-refractivity contribution is 0.0896. The van der Waals surface area contributed by atoms with Crippen molar-refractivity contribution in [2.75, 3.05) is 0 Å². The smallest absolute Gasteiger partial charge is 0.287 e. The normalized spacial score (nSPS) is 20.1. The molecule has 1 aromatic carbocycles. The minimum atomic E-state index is -0.662. The second kappa shape index (κ2) is 7.80. The van der Waals surface area contributed by atoms with Gasteiger partial charge < -0.3 is 15.5 Å². The largest absolute Gasteiger partial charge is 0.451 e. The summed E-state index contributed by atoms with van der Waals surface area (Å²) in [7, 11) is 0. The molecule has 29 heavy (non-hydrogen) atoms. The van der Waals surface area contributed by atoms with E-state index >= 15 is 0 Å². The number of carbonyl (C=O) groups excluding carboxylic acids is 1. The van der Waals surface area contributed by atoms with E-state index in [1.807, 2.05) is 24.3 Å². The van der Waals surface area contributed by atoms with Gasteiger partial charge in [-0.3, -0.25) is 9.80 Å². The molecular formula is C22H27N5O2. The Morgan fingerprint density at radius 1 is 1.31 bits per heavy atom. The zero-order chi connectivity index (χ0) is 20.4. The zero-order valence-electron chi connectivity index (χ0n) is 16.4. The SMILES string of the molecule is N#CC1(N(N)/C=C(\N)[C@@H](NC(=O)c2cc3ccccc3o2)C2CCCCC2)CC1. The topological polar surface area (TPSA) is 121 Å². The first-order valence-corrected chi connectivity index (χ1v) is 10.2. The summed E-state index contributed by atoms with van der Waals surface area (Å²) in [5, 5.41) is 14.7. The summed E-state index contributed by atoms with van der Waals surface area (Å²) < 4.78 is 5.71. The van der Waals surface area contributed by atoms with Crippen molar-refractivity contribution >= 4 is 16.9 Å². The highest BCUT2D eigenvalue weighted by atomic mass is 16.3. The number of benzene rings is 1. The van der Waals surface area contributed by atoms with Crippen molar-refractivity contribution < 1.29 is 9.21 Å². The fourth-order valence-electron chi connectivity index (χ4n) is 4.16. The Kier molecular flexibility index (Phi) is 5.20. The molecule has 7 heteroatoms. The quantitative estimate of drug-likeness (QED) is 0.512. The van der Waals surface area contributed by atoms with E-state index in [1.165, 1.54) is 11.4 Å². The molecule has 2 aliphatic carbocycles. The van der Waals surface area contributed by atoms with Gasteiger partial charge in [0.25, 0.3) is 5.91 Å². The van der Waals surface area contributed by atoms with Crippen LogP contribution in [0.5, 0.6) is 0 Å². The second-order valence-electron chi connectivity index (χ2n) is 8.18. The fourth-order valence-corrected chi connectivity index (χ4v) is 4.16. The van der Waals surface area contributed by atoms with Gasteiger partial charge in [-0.25, -0.2) is 5.84 Å². The Morgan fingerprint density at radius 3 is 2.69 bits per heavy atom. The van der Waals surface area contributed by atoms with Gasteiger partial charge in [0.2, 0.25) is 0 Å². The fraction of sp³-hybridized carbons (Fsp3) is 0.455. The maximum Gasteiger partial charge on any atom is 0.287 e. The van der Waals surface area contributed by atoms with Crippen molar-refractivity contribution in [2.45, 2.75) is 56.5 Å². The van der Waals surface area contributed by atoms with E-state index in [1.54, 1.807) is 12.3 Å².